The summed E-state index contributed by atoms with van der Waals surface area (Å²) < 4.78 is 3.65. The first kappa shape index (κ1) is 14.7. The average Bonchev–Trinajstić information content (AvgIpc) is 3.22. The van der Waals surface area contributed by atoms with Gasteiger partial charge in [0.05, 0.1) is 5.52 Å². The monoisotopic (exact) mass is 380 g/mol. The van der Waals surface area contributed by atoms with Crippen LogP contribution in [0, 0.1) is 0 Å². The Morgan fingerprint density at radius 2 is 1.96 bits per heavy atom. The molecule has 0 amide bonds. The molecule has 5 rings (SSSR count). The number of aromatic nitrogens is 1. The third-order valence-corrected chi connectivity index (χ3v) is 6.24. The lowest BCUT2D eigenvalue weighted by molar-refractivity contribution is 0.575. The Bertz CT molecular complexity index is 894. The van der Waals surface area contributed by atoms with Gasteiger partial charge in [0.25, 0.3) is 0 Å². The molecule has 2 nitrogen and oxygen atoms in total. The van der Waals surface area contributed by atoms with Crippen LogP contribution in [-0.4, -0.2) is 11.1 Å². The maximum absolute atomic E-state index is 3.74. The van der Waals surface area contributed by atoms with Gasteiger partial charge in [-0.15, -0.1) is 0 Å². The summed E-state index contributed by atoms with van der Waals surface area (Å²) in [6, 6.07) is 16.1. The van der Waals surface area contributed by atoms with E-state index in [1.54, 1.807) is 0 Å². The van der Waals surface area contributed by atoms with Crippen LogP contribution in [0.4, 0.5) is 0 Å². The minimum Gasteiger partial charge on any atom is -0.347 e. The van der Waals surface area contributed by atoms with E-state index in [4.69, 9.17) is 0 Å². The Balaban J connectivity index is 1.62. The number of nitrogens with zero attached hydrogens (tertiary/aromatic N) is 1. The van der Waals surface area contributed by atoms with Crippen LogP contribution < -0.4 is 5.32 Å². The largest absolute Gasteiger partial charge is 0.347 e. The zero-order valence-corrected chi connectivity index (χ0v) is 15.2. The van der Waals surface area contributed by atoms with Crippen LogP contribution >= 0.6 is 15.9 Å². The molecule has 1 saturated heterocycles. The smallest absolute Gasteiger partial charge is 0.0515 e. The second-order valence-corrected chi connectivity index (χ2v) is 7.99. The summed E-state index contributed by atoms with van der Waals surface area (Å²) in [5.41, 5.74) is 5.94. The highest BCUT2D eigenvalue weighted by molar-refractivity contribution is 9.10. The molecule has 3 aromatic rings. The molecular formula is C21H21BrN2. The van der Waals surface area contributed by atoms with Gasteiger partial charge in [-0.2, -0.15) is 0 Å². The van der Waals surface area contributed by atoms with E-state index < -0.39 is 0 Å². The Morgan fingerprint density at radius 1 is 1.08 bits per heavy atom. The van der Waals surface area contributed by atoms with Gasteiger partial charge < -0.3 is 9.88 Å². The molecule has 2 atom stereocenters. The zero-order chi connectivity index (χ0) is 16.1. The molecule has 2 aromatic carbocycles. The highest BCUT2D eigenvalue weighted by Crippen LogP contribution is 2.42. The Labute approximate surface area is 151 Å². The maximum atomic E-state index is 3.74. The summed E-state index contributed by atoms with van der Waals surface area (Å²) in [6.07, 6.45) is 6.14. The molecule has 1 aromatic heterocycles. The molecule has 0 aliphatic carbocycles. The molecule has 1 fully saturated rings. The molecule has 3 heteroatoms. The van der Waals surface area contributed by atoms with Crippen molar-refractivity contribution < 1.29 is 0 Å². The van der Waals surface area contributed by atoms with Gasteiger partial charge in [-0.25, -0.2) is 0 Å². The van der Waals surface area contributed by atoms with Crippen molar-refractivity contribution >= 4 is 26.8 Å². The first-order chi connectivity index (χ1) is 11.8. The van der Waals surface area contributed by atoms with Gasteiger partial charge in [-0.05, 0) is 54.6 Å². The van der Waals surface area contributed by atoms with Crippen molar-refractivity contribution in [1.29, 1.82) is 0 Å². The van der Waals surface area contributed by atoms with Crippen LogP contribution in [0.3, 0.4) is 0 Å². The molecule has 2 aliphatic rings. The molecule has 0 saturated carbocycles. The van der Waals surface area contributed by atoms with Crippen molar-refractivity contribution in [3.05, 3.63) is 69.8 Å². The number of para-hydroxylation sites is 1. The van der Waals surface area contributed by atoms with Crippen LogP contribution in [-0.2, 0) is 13.0 Å². The molecule has 1 N–H and O–H groups in total. The van der Waals surface area contributed by atoms with Gasteiger partial charge >= 0.3 is 0 Å². The first-order valence-corrected chi connectivity index (χ1v) is 9.70. The van der Waals surface area contributed by atoms with Gasteiger partial charge in [0.2, 0.25) is 0 Å². The fraction of sp³-hybridized carbons (Fsp3) is 0.333. The third-order valence-electron chi connectivity index (χ3n) is 5.71. The maximum Gasteiger partial charge on any atom is 0.0515 e. The van der Waals surface area contributed by atoms with Gasteiger partial charge in [0.15, 0.2) is 0 Å². The Kier molecular flexibility index (Phi) is 3.53. The summed E-state index contributed by atoms with van der Waals surface area (Å²) >= 11 is 3.55. The fourth-order valence-corrected chi connectivity index (χ4v) is 4.90. The minimum absolute atomic E-state index is 0.418. The van der Waals surface area contributed by atoms with Crippen molar-refractivity contribution in [2.24, 2.45) is 0 Å². The first-order valence-electron chi connectivity index (χ1n) is 8.91. The number of aryl methyl sites for hydroxylation is 2. The van der Waals surface area contributed by atoms with E-state index in [-0.39, 0.29) is 0 Å². The lowest BCUT2D eigenvalue weighted by Gasteiger charge is -2.20. The number of rotatable bonds is 2. The summed E-state index contributed by atoms with van der Waals surface area (Å²) in [5, 5.41) is 5.21. The van der Waals surface area contributed by atoms with Gasteiger partial charge in [0.1, 0.15) is 0 Å². The van der Waals surface area contributed by atoms with E-state index in [2.05, 4.69) is 74.5 Å². The van der Waals surface area contributed by atoms with Crippen LogP contribution in [0.1, 0.15) is 41.5 Å². The number of halogens is 1. The van der Waals surface area contributed by atoms with E-state index in [0.29, 0.717) is 12.0 Å². The number of benzene rings is 2. The normalized spacial score (nSPS) is 23.0. The second kappa shape index (κ2) is 5.75. The molecule has 3 heterocycles. The predicted molar refractivity (Wildman–Crippen MR) is 103 cm³/mol. The highest BCUT2D eigenvalue weighted by atomic mass is 79.9. The van der Waals surface area contributed by atoms with E-state index in [9.17, 15) is 0 Å². The SMILES string of the molecule is Brc1ccc(C2NCCC2c2cn3c4c(cccc24)CCC3)cc1. The lowest BCUT2D eigenvalue weighted by atomic mass is 9.87. The Morgan fingerprint density at radius 3 is 2.83 bits per heavy atom. The average molecular weight is 381 g/mol. The van der Waals surface area contributed by atoms with Crippen molar-refractivity contribution in [3.63, 3.8) is 0 Å². The number of hydrogen-bond acceptors (Lipinski definition) is 1. The quantitative estimate of drug-likeness (QED) is 0.648. The topological polar surface area (TPSA) is 17.0 Å². The van der Waals surface area contributed by atoms with E-state index >= 15 is 0 Å². The second-order valence-electron chi connectivity index (χ2n) is 7.07. The summed E-state index contributed by atoms with van der Waals surface area (Å²) in [7, 11) is 0. The number of nitrogens with one attached hydrogen (secondary N) is 1. The zero-order valence-electron chi connectivity index (χ0n) is 13.6. The molecule has 0 bridgehead atoms. The van der Waals surface area contributed by atoms with Crippen molar-refractivity contribution in [1.82, 2.24) is 9.88 Å². The van der Waals surface area contributed by atoms with Crippen LogP contribution in [0.2, 0.25) is 0 Å². The molecule has 0 spiro atoms. The van der Waals surface area contributed by atoms with Crippen molar-refractivity contribution in [3.8, 4) is 0 Å². The van der Waals surface area contributed by atoms with Crippen molar-refractivity contribution in [2.45, 2.75) is 37.8 Å². The van der Waals surface area contributed by atoms with E-state index in [1.807, 2.05) is 0 Å². The van der Waals surface area contributed by atoms with Crippen molar-refractivity contribution in [2.75, 3.05) is 6.54 Å². The van der Waals surface area contributed by atoms with Gasteiger partial charge in [-0.1, -0.05) is 46.3 Å². The molecule has 2 aliphatic heterocycles. The molecule has 24 heavy (non-hydrogen) atoms. The third kappa shape index (κ3) is 2.26. The summed E-state index contributed by atoms with van der Waals surface area (Å²) in [5.74, 6) is 0.559. The molecule has 0 radical (unpaired) electrons. The van der Waals surface area contributed by atoms with E-state index in [0.717, 1.165) is 17.6 Å². The standard InChI is InChI=1S/C21H21BrN2/c22-16-8-6-14(7-9-16)20-17(10-11-23-20)19-13-24-12-2-4-15-3-1-5-18(19)21(15)24/h1,3,5-9,13,17,20,23H,2,4,10-12H2. The Hall–Kier alpha value is -1.58. The minimum atomic E-state index is 0.418. The lowest BCUT2D eigenvalue weighted by Crippen LogP contribution is -2.16. The predicted octanol–water partition coefficient (Wildman–Crippen LogP) is 5.17. The summed E-state index contributed by atoms with van der Waals surface area (Å²) in [4.78, 5) is 0. The van der Waals surface area contributed by atoms with E-state index in [1.165, 1.54) is 46.9 Å². The molecular weight excluding hydrogens is 360 g/mol. The molecule has 122 valence electrons. The fourth-order valence-electron chi connectivity index (χ4n) is 4.64. The molecule has 2 unspecified atom stereocenters. The number of hydrogen-bond donors (Lipinski definition) is 1. The van der Waals surface area contributed by atoms with Crippen LogP contribution in [0.5, 0.6) is 0 Å². The van der Waals surface area contributed by atoms with Gasteiger partial charge in [0, 0.05) is 34.6 Å². The van der Waals surface area contributed by atoms with Crippen LogP contribution in [0.15, 0.2) is 53.1 Å². The highest BCUT2D eigenvalue weighted by Gasteiger charge is 2.32. The summed E-state index contributed by atoms with van der Waals surface area (Å²) in [6.45, 7) is 2.26. The van der Waals surface area contributed by atoms with Crippen LogP contribution in [0.25, 0.3) is 10.9 Å². The van der Waals surface area contributed by atoms with Gasteiger partial charge in [-0.3, -0.25) is 0 Å².